The summed E-state index contributed by atoms with van der Waals surface area (Å²) in [5.41, 5.74) is 1.47. The van der Waals surface area contributed by atoms with E-state index in [9.17, 15) is 9.90 Å². The van der Waals surface area contributed by atoms with E-state index in [1.807, 2.05) is 51.1 Å². The molecule has 0 bridgehead atoms. The number of benzene rings is 1. The molecule has 0 saturated carbocycles. The molecule has 2 aromatic rings. The van der Waals surface area contributed by atoms with E-state index in [1.165, 1.54) is 0 Å². The van der Waals surface area contributed by atoms with Gasteiger partial charge in [0.15, 0.2) is 0 Å². The van der Waals surface area contributed by atoms with E-state index in [2.05, 4.69) is 10.5 Å². The molecule has 0 aliphatic rings. The standard InChI is InChI=1S/C18H24N2O3/c1-12(10-16-13(2)20-23-14(16)3)17(21)19-11-18(4,22)15-8-6-5-7-9-15/h5-9,12,22H,10-11H2,1-4H3,(H,19,21). The average Bonchev–Trinajstić information content (AvgIpc) is 2.85. The Morgan fingerprint density at radius 1 is 1.35 bits per heavy atom. The largest absolute Gasteiger partial charge is 0.384 e. The maximum Gasteiger partial charge on any atom is 0.223 e. The number of nitrogens with one attached hydrogen (secondary N) is 1. The van der Waals surface area contributed by atoms with Crippen LogP contribution in [-0.4, -0.2) is 22.7 Å². The molecular formula is C18H24N2O3. The van der Waals surface area contributed by atoms with Gasteiger partial charge in [-0.05, 0) is 32.8 Å². The normalized spacial score (nSPS) is 15.0. The zero-order valence-electron chi connectivity index (χ0n) is 14.1. The average molecular weight is 316 g/mol. The van der Waals surface area contributed by atoms with Crippen molar-refractivity contribution in [1.29, 1.82) is 0 Å². The van der Waals surface area contributed by atoms with Crippen LogP contribution in [0.4, 0.5) is 0 Å². The first kappa shape index (κ1) is 17.2. The fourth-order valence-electron chi connectivity index (χ4n) is 2.52. The third-order valence-corrected chi connectivity index (χ3v) is 4.14. The van der Waals surface area contributed by atoms with Crippen molar-refractivity contribution in [1.82, 2.24) is 10.5 Å². The van der Waals surface area contributed by atoms with E-state index in [1.54, 1.807) is 6.92 Å². The van der Waals surface area contributed by atoms with E-state index in [0.717, 1.165) is 22.6 Å². The maximum atomic E-state index is 12.3. The maximum absolute atomic E-state index is 12.3. The molecule has 2 N–H and O–H groups in total. The first-order valence-corrected chi connectivity index (χ1v) is 7.78. The molecule has 124 valence electrons. The highest BCUT2D eigenvalue weighted by molar-refractivity contribution is 5.78. The second kappa shape index (κ2) is 6.96. The Bertz CT molecular complexity index is 643. The van der Waals surface area contributed by atoms with E-state index in [0.29, 0.717) is 6.42 Å². The van der Waals surface area contributed by atoms with Crippen LogP contribution in [0.3, 0.4) is 0 Å². The molecule has 0 radical (unpaired) electrons. The van der Waals surface area contributed by atoms with Gasteiger partial charge in [0.25, 0.3) is 0 Å². The molecule has 2 unspecified atom stereocenters. The number of rotatable bonds is 6. The Morgan fingerprint density at radius 3 is 2.57 bits per heavy atom. The summed E-state index contributed by atoms with van der Waals surface area (Å²) in [6.45, 7) is 7.44. The molecule has 0 spiro atoms. The van der Waals surface area contributed by atoms with Crippen molar-refractivity contribution in [3.63, 3.8) is 0 Å². The van der Waals surface area contributed by atoms with Crippen LogP contribution in [0, 0.1) is 19.8 Å². The van der Waals surface area contributed by atoms with E-state index < -0.39 is 5.60 Å². The second-order valence-electron chi connectivity index (χ2n) is 6.27. The quantitative estimate of drug-likeness (QED) is 0.858. The molecule has 1 aromatic carbocycles. The molecule has 2 rings (SSSR count). The number of aliphatic hydroxyl groups is 1. The van der Waals surface area contributed by atoms with E-state index >= 15 is 0 Å². The minimum atomic E-state index is -1.10. The molecule has 1 heterocycles. The van der Waals surface area contributed by atoms with Crippen molar-refractivity contribution < 1.29 is 14.4 Å². The summed E-state index contributed by atoms with van der Waals surface area (Å²) in [5.74, 6) is 0.429. The minimum absolute atomic E-state index is 0.0961. The van der Waals surface area contributed by atoms with E-state index in [4.69, 9.17) is 4.52 Å². The van der Waals surface area contributed by atoms with Crippen molar-refractivity contribution in [3.8, 4) is 0 Å². The van der Waals surface area contributed by atoms with Crippen LogP contribution in [0.5, 0.6) is 0 Å². The van der Waals surface area contributed by atoms with Crippen molar-refractivity contribution in [3.05, 3.63) is 52.9 Å². The van der Waals surface area contributed by atoms with Gasteiger partial charge in [0.1, 0.15) is 11.4 Å². The van der Waals surface area contributed by atoms with Crippen LogP contribution in [0.1, 0.15) is 36.4 Å². The van der Waals surface area contributed by atoms with Crippen LogP contribution >= 0.6 is 0 Å². The Hall–Kier alpha value is -2.14. The van der Waals surface area contributed by atoms with Gasteiger partial charge < -0.3 is 14.9 Å². The second-order valence-corrected chi connectivity index (χ2v) is 6.27. The number of hydrogen-bond donors (Lipinski definition) is 2. The zero-order valence-corrected chi connectivity index (χ0v) is 14.1. The summed E-state index contributed by atoms with van der Waals surface area (Å²) in [6.07, 6.45) is 0.570. The van der Waals surface area contributed by atoms with Crippen molar-refractivity contribution in [2.75, 3.05) is 6.54 Å². The predicted molar refractivity (Wildman–Crippen MR) is 87.9 cm³/mol. The van der Waals surface area contributed by atoms with Gasteiger partial charge in [-0.2, -0.15) is 0 Å². The number of amides is 1. The molecule has 23 heavy (non-hydrogen) atoms. The van der Waals surface area contributed by atoms with Crippen molar-refractivity contribution >= 4 is 5.91 Å². The Balaban J connectivity index is 1.94. The lowest BCUT2D eigenvalue weighted by atomic mass is 9.95. The molecule has 1 amide bonds. The third-order valence-electron chi connectivity index (χ3n) is 4.14. The van der Waals surface area contributed by atoms with Crippen molar-refractivity contribution in [2.45, 2.75) is 39.7 Å². The Labute approximate surface area is 136 Å². The van der Waals surface area contributed by atoms with Crippen LogP contribution < -0.4 is 5.32 Å². The topological polar surface area (TPSA) is 75.4 Å². The number of nitrogens with zero attached hydrogens (tertiary/aromatic N) is 1. The predicted octanol–water partition coefficient (Wildman–Crippen LogP) is 2.49. The molecule has 2 atom stereocenters. The lowest BCUT2D eigenvalue weighted by Crippen LogP contribution is -2.41. The molecule has 0 fully saturated rings. The smallest absolute Gasteiger partial charge is 0.223 e. The summed E-state index contributed by atoms with van der Waals surface area (Å²) in [7, 11) is 0. The highest BCUT2D eigenvalue weighted by Gasteiger charge is 2.25. The number of aromatic nitrogens is 1. The van der Waals surface area contributed by atoms with Gasteiger partial charge in [0.2, 0.25) is 5.91 Å². The molecule has 1 aromatic heterocycles. The van der Waals surface area contributed by atoms with E-state index in [-0.39, 0.29) is 18.4 Å². The fraction of sp³-hybridized carbons (Fsp3) is 0.444. The number of carbonyl (C=O) groups excluding carboxylic acids is 1. The highest BCUT2D eigenvalue weighted by atomic mass is 16.5. The van der Waals surface area contributed by atoms with Gasteiger partial charge in [-0.1, -0.05) is 42.4 Å². The van der Waals surface area contributed by atoms with Crippen LogP contribution in [-0.2, 0) is 16.8 Å². The summed E-state index contributed by atoms with van der Waals surface area (Å²) in [6, 6.07) is 9.32. The lowest BCUT2D eigenvalue weighted by Gasteiger charge is -2.25. The molecule has 5 nitrogen and oxygen atoms in total. The zero-order chi connectivity index (χ0) is 17.0. The Kier molecular flexibility index (Phi) is 5.21. The number of carbonyl (C=O) groups is 1. The van der Waals surface area contributed by atoms with Gasteiger partial charge in [0, 0.05) is 11.5 Å². The summed E-state index contributed by atoms with van der Waals surface area (Å²) < 4.78 is 5.13. The molecule has 5 heteroatoms. The monoisotopic (exact) mass is 316 g/mol. The molecule has 0 saturated heterocycles. The van der Waals surface area contributed by atoms with Gasteiger partial charge in [-0.15, -0.1) is 0 Å². The van der Waals surface area contributed by atoms with Gasteiger partial charge in [0.05, 0.1) is 12.2 Å². The first-order chi connectivity index (χ1) is 10.8. The minimum Gasteiger partial charge on any atom is -0.384 e. The Morgan fingerprint density at radius 2 is 2.00 bits per heavy atom. The summed E-state index contributed by atoms with van der Waals surface area (Å²) in [4.78, 5) is 12.3. The lowest BCUT2D eigenvalue weighted by molar-refractivity contribution is -0.125. The van der Waals surface area contributed by atoms with Crippen LogP contribution in [0.25, 0.3) is 0 Å². The fourth-order valence-corrected chi connectivity index (χ4v) is 2.52. The number of hydrogen-bond acceptors (Lipinski definition) is 4. The first-order valence-electron chi connectivity index (χ1n) is 7.78. The van der Waals surface area contributed by atoms with Crippen molar-refractivity contribution in [2.24, 2.45) is 5.92 Å². The SMILES string of the molecule is Cc1noc(C)c1CC(C)C(=O)NCC(C)(O)c1ccccc1. The van der Waals surface area contributed by atoms with Crippen LogP contribution in [0.15, 0.2) is 34.9 Å². The third kappa shape index (κ3) is 4.20. The number of aryl methyl sites for hydroxylation is 2. The van der Waals surface area contributed by atoms with Gasteiger partial charge in [-0.3, -0.25) is 4.79 Å². The summed E-state index contributed by atoms with van der Waals surface area (Å²) in [5, 5.41) is 17.3. The summed E-state index contributed by atoms with van der Waals surface area (Å²) >= 11 is 0. The highest BCUT2D eigenvalue weighted by Crippen LogP contribution is 2.20. The van der Waals surface area contributed by atoms with Crippen LogP contribution in [0.2, 0.25) is 0 Å². The molecule has 0 aliphatic carbocycles. The van der Waals surface area contributed by atoms with Gasteiger partial charge in [-0.25, -0.2) is 0 Å². The van der Waals surface area contributed by atoms with Gasteiger partial charge >= 0.3 is 0 Å². The molecule has 0 aliphatic heterocycles. The molecular weight excluding hydrogens is 292 g/mol.